The lowest BCUT2D eigenvalue weighted by Gasteiger charge is -2.27. The number of benzene rings is 1. The molecule has 1 rings (SSSR count). The molecule has 0 aromatic heterocycles. The van der Waals surface area contributed by atoms with Gasteiger partial charge in [-0.25, -0.2) is 4.39 Å². The molecule has 1 atom stereocenters. The Balaban J connectivity index is 2.97. The summed E-state index contributed by atoms with van der Waals surface area (Å²) >= 11 is 3.29. The number of hydrogen-bond donors (Lipinski definition) is 1. The fourth-order valence-corrected chi connectivity index (χ4v) is 2.35. The van der Waals surface area contributed by atoms with Gasteiger partial charge >= 0.3 is 5.97 Å². The number of carboxylic acid groups (broad SMARTS) is 1. The van der Waals surface area contributed by atoms with Crippen molar-refractivity contribution in [1.82, 2.24) is 4.90 Å². The van der Waals surface area contributed by atoms with Gasteiger partial charge < -0.3 is 5.11 Å². The highest BCUT2D eigenvalue weighted by atomic mass is 79.9. The van der Waals surface area contributed by atoms with E-state index in [1.54, 1.807) is 30.0 Å². The van der Waals surface area contributed by atoms with Crippen LogP contribution < -0.4 is 0 Å². The van der Waals surface area contributed by atoms with Crippen LogP contribution in [0.2, 0.25) is 0 Å². The van der Waals surface area contributed by atoms with E-state index in [-0.39, 0.29) is 12.4 Å². The Bertz CT molecular complexity index is 465. The summed E-state index contributed by atoms with van der Waals surface area (Å²) in [6.07, 6.45) is 2.08. The van der Waals surface area contributed by atoms with Crippen molar-refractivity contribution in [1.29, 1.82) is 0 Å². The number of rotatable bonds is 7. The van der Waals surface area contributed by atoms with Crippen molar-refractivity contribution in [3.63, 3.8) is 0 Å². The molecule has 5 heteroatoms. The minimum atomic E-state index is -0.903. The van der Waals surface area contributed by atoms with Crippen molar-refractivity contribution >= 4 is 21.9 Å². The number of carbonyl (C=O) groups is 1. The van der Waals surface area contributed by atoms with Crippen molar-refractivity contribution in [2.75, 3.05) is 6.54 Å². The van der Waals surface area contributed by atoms with E-state index in [1.807, 2.05) is 0 Å². The van der Waals surface area contributed by atoms with Gasteiger partial charge in [0, 0.05) is 23.1 Å². The normalized spacial score (nSPS) is 12.4. The van der Waals surface area contributed by atoms with Crippen LogP contribution in [0.3, 0.4) is 0 Å². The quantitative estimate of drug-likeness (QED) is 0.779. The lowest BCUT2D eigenvalue weighted by molar-refractivity contribution is -0.143. The Morgan fingerprint density at radius 3 is 2.84 bits per heavy atom. The third-order valence-corrected chi connectivity index (χ3v) is 3.35. The van der Waals surface area contributed by atoms with E-state index in [4.69, 9.17) is 0 Å². The van der Waals surface area contributed by atoms with Gasteiger partial charge in [0.15, 0.2) is 0 Å². The van der Waals surface area contributed by atoms with Crippen LogP contribution >= 0.6 is 15.9 Å². The summed E-state index contributed by atoms with van der Waals surface area (Å²) in [5.41, 5.74) is 0.468. The lowest BCUT2D eigenvalue weighted by atomic mass is 10.1. The summed E-state index contributed by atoms with van der Waals surface area (Å²) in [6, 6.07) is 4.01. The van der Waals surface area contributed by atoms with Gasteiger partial charge in [-0.1, -0.05) is 28.9 Å². The number of hydrogen-bond acceptors (Lipinski definition) is 2. The van der Waals surface area contributed by atoms with Crippen LogP contribution in [0.25, 0.3) is 0 Å². The van der Waals surface area contributed by atoms with Crippen LogP contribution in [0, 0.1) is 5.82 Å². The third kappa shape index (κ3) is 4.44. The van der Waals surface area contributed by atoms with Gasteiger partial charge in [0.25, 0.3) is 0 Å². The molecule has 104 valence electrons. The molecule has 3 nitrogen and oxygen atoms in total. The van der Waals surface area contributed by atoms with Gasteiger partial charge in [0.2, 0.25) is 0 Å². The van der Waals surface area contributed by atoms with Gasteiger partial charge in [0.1, 0.15) is 11.9 Å². The Morgan fingerprint density at radius 1 is 1.63 bits per heavy atom. The first-order valence-corrected chi connectivity index (χ1v) is 6.80. The molecule has 0 aliphatic heterocycles. The van der Waals surface area contributed by atoms with Crippen LogP contribution in [-0.2, 0) is 11.3 Å². The zero-order chi connectivity index (χ0) is 14.4. The maximum Gasteiger partial charge on any atom is 0.320 e. The molecule has 0 amide bonds. The summed E-state index contributed by atoms with van der Waals surface area (Å²) < 4.78 is 14.5. The molecule has 0 fully saturated rings. The van der Waals surface area contributed by atoms with Gasteiger partial charge in [-0.2, -0.15) is 0 Å². The van der Waals surface area contributed by atoms with Crippen molar-refractivity contribution in [2.45, 2.75) is 25.9 Å². The van der Waals surface area contributed by atoms with Gasteiger partial charge in [-0.3, -0.25) is 9.69 Å². The second kappa shape index (κ2) is 7.40. The van der Waals surface area contributed by atoms with Crippen molar-refractivity contribution in [3.8, 4) is 0 Å². The third-order valence-electron chi connectivity index (χ3n) is 2.86. The second-order valence-corrected chi connectivity index (χ2v) is 5.13. The summed E-state index contributed by atoms with van der Waals surface area (Å²) in [5, 5.41) is 9.19. The van der Waals surface area contributed by atoms with E-state index < -0.39 is 12.0 Å². The van der Waals surface area contributed by atoms with Crippen LogP contribution in [0.4, 0.5) is 4.39 Å². The number of halogens is 2. The van der Waals surface area contributed by atoms with E-state index in [0.717, 1.165) is 4.47 Å². The van der Waals surface area contributed by atoms with Crippen LogP contribution in [0.15, 0.2) is 35.3 Å². The first kappa shape index (κ1) is 15.9. The monoisotopic (exact) mass is 329 g/mol. The average molecular weight is 330 g/mol. The summed E-state index contributed by atoms with van der Waals surface area (Å²) in [6.45, 7) is 6.06. The smallest absolute Gasteiger partial charge is 0.320 e. The predicted octanol–water partition coefficient (Wildman–Crippen LogP) is 3.44. The van der Waals surface area contributed by atoms with Crippen LogP contribution in [0.5, 0.6) is 0 Å². The fraction of sp³-hybridized carbons (Fsp3) is 0.357. The van der Waals surface area contributed by atoms with E-state index in [0.29, 0.717) is 18.5 Å². The molecule has 1 unspecified atom stereocenters. The number of carboxylic acids is 1. The number of nitrogens with zero attached hydrogens (tertiary/aromatic N) is 1. The van der Waals surface area contributed by atoms with Gasteiger partial charge in [-0.15, -0.1) is 6.58 Å². The van der Waals surface area contributed by atoms with Crippen molar-refractivity contribution in [3.05, 3.63) is 46.7 Å². The minimum Gasteiger partial charge on any atom is -0.480 e. The molecule has 0 radical (unpaired) electrons. The van der Waals surface area contributed by atoms with E-state index in [1.165, 1.54) is 6.07 Å². The minimum absolute atomic E-state index is 0.238. The molecule has 19 heavy (non-hydrogen) atoms. The maximum absolute atomic E-state index is 13.7. The predicted molar refractivity (Wildman–Crippen MR) is 76.4 cm³/mol. The Morgan fingerprint density at radius 2 is 2.32 bits per heavy atom. The molecule has 0 saturated carbocycles. The van der Waals surface area contributed by atoms with E-state index >= 15 is 0 Å². The molecule has 0 aliphatic rings. The Kier molecular flexibility index (Phi) is 6.18. The van der Waals surface area contributed by atoms with Gasteiger partial charge in [0.05, 0.1) is 0 Å². The molecule has 1 N–H and O–H groups in total. The first-order chi connectivity index (χ1) is 8.99. The number of aliphatic carboxylic acids is 1. The summed E-state index contributed by atoms with van der Waals surface area (Å²) in [4.78, 5) is 12.9. The summed E-state index contributed by atoms with van der Waals surface area (Å²) in [7, 11) is 0. The van der Waals surface area contributed by atoms with E-state index in [9.17, 15) is 14.3 Å². The van der Waals surface area contributed by atoms with Crippen LogP contribution in [0.1, 0.15) is 18.9 Å². The molecular weight excluding hydrogens is 313 g/mol. The van der Waals surface area contributed by atoms with Crippen molar-refractivity contribution < 1.29 is 14.3 Å². The molecule has 1 aromatic carbocycles. The molecule has 0 bridgehead atoms. The standard InChI is InChI=1S/C14H17BrFNO2/c1-3-7-17(13(4-2)14(18)19)9-10-8-11(15)5-6-12(10)16/h3,5-6,8,13H,1,4,7,9H2,2H3,(H,18,19). The molecule has 0 spiro atoms. The zero-order valence-corrected chi connectivity index (χ0v) is 12.4. The SMILES string of the molecule is C=CCN(Cc1cc(Br)ccc1F)C(CC)C(=O)O. The Hall–Kier alpha value is -1.20. The highest BCUT2D eigenvalue weighted by Gasteiger charge is 2.23. The highest BCUT2D eigenvalue weighted by molar-refractivity contribution is 9.10. The average Bonchev–Trinajstić information content (AvgIpc) is 2.34. The second-order valence-electron chi connectivity index (χ2n) is 4.22. The van der Waals surface area contributed by atoms with Crippen molar-refractivity contribution in [2.24, 2.45) is 0 Å². The largest absolute Gasteiger partial charge is 0.480 e. The molecule has 1 aromatic rings. The molecule has 0 heterocycles. The molecule has 0 saturated heterocycles. The fourth-order valence-electron chi connectivity index (χ4n) is 1.94. The zero-order valence-electron chi connectivity index (χ0n) is 10.8. The first-order valence-electron chi connectivity index (χ1n) is 6.01. The lowest BCUT2D eigenvalue weighted by Crippen LogP contribution is -2.40. The molecule has 0 aliphatic carbocycles. The highest BCUT2D eigenvalue weighted by Crippen LogP contribution is 2.19. The van der Waals surface area contributed by atoms with Crippen LogP contribution in [-0.4, -0.2) is 28.6 Å². The van der Waals surface area contributed by atoms with E-state index in [2.05, 4.69) is 22.5 Å². The topological polar surface area (TPSA) is 40.5 Å². The molecular formula is C14H17BrFNO2. The Labute approximate surface area is 120 Å². The summed E-state index contributed by atoms with van der Waals surface area (Å²) in [5.74, 6) is -1.24. The maximum atomic E-state index is 13.7. The van der Waals surface area contributed by atoms with Gasteiger partial charge in [-0.05, 0) is 24.6 Å².